The van der Waals surface area contributed by atoms with E-state index in [1.54, 1.807) is 11.3 Å². The molecule has 0 radical (unpaired) electrons. The van der Waals surface area contributed by atoms with Gasteiger partial charge < -0.3 is 14.8 Å². The van der Waals surface area contributed by atoms with Crippen molar-refractivity contribution < 1.29 is 14.3 Å². The summed E-state index contributed by atoms with van der Waals surface area (Å²) < 4.78 is 11.5. The predicted octanol–water partition coefficient (Wildman–Crippen LogP) is 4.36. The number of fused-ring (bicyclic) bond motifs is 1. The van der Waals surface area contributed by atoms with Crippen molar-refractivity contribution in [2.45, 2.75) is 25.5 Å². The van der Waals surface area contributed by atoms with Crippen LogP contribution in [0.1, 0.15) is 29.0 Å². The van der Waals surface area contributed by atoms with Crippen molar-refractivity contribution in [1.29, 1.82) is 0 Å². The van der Waals surface area contributed by atoms with E-state index in [-0.39, 0.29) is 18.6 Å². The maximum Gasteiger partial charge on any atom is 0.265 e. The van der Waals surface area contributed by atoms with Crippen LogP contribution in [-0.2, 0) is 11.2 Å². The molecule has 3 aromatic rings. The second-order valence-corrected chi connectivity index (χ2v) is 7.40. The molecule has 2 heterocycles. The van der Waals surface area contributed by atoms with Crippen LogP contribution in [-0.4, -0.2) is 18.6 Å². The number of rotatable bonds is 5. The zero-order valence-corrected chi connectivity index (χ0v) is 15.9. The van der Waals surface area contributed by atoms with E-state index in [9.17, 15) is 4.79 Å². The average Bonchev–Trinajstić information content (AvgIpc) is 3.26. The Balaban J connectivity index is 1.54. The first kappa shape index (κ1) is 17.6. The van der Waals surface area contributed by atoms with Gasteiger partial charge in [0.05, 0.1) is 6.04 Å². The molecular formula is C22H21NO3S. The van der Waals surface area contributed by atoms with Gasteiger partial charge in [-0.05, 0) is 41.1 Å². The quantitative estimate of drug-likeness (QED) is 0.717. The van der Waals surface area contributed by atoms with Crippen molar-refractivity contribution in [2.24, 2.45) is 0 Å². The topological polar surface area (TPSA) is 47.6 Å². The van der Waals surface area contributed by atoms with Gasteiger partial charge in [0.25, 0.3) is 5.91 Å². The number of benzene rings is 2. The molecule has 0 fully saturated rings. The molecule has 1 N–H and O–H groups in total. The molecule has 1 aromatic heterocycles. The predicted molar refractivity (Wildman–Crippen MR) is 106 cm³/mol. The number of hydrogen-bond acceptors (Lipinski definition) is 4. The molecule has 0 bridgehead atoms. The van der Waals surface area contributed by atoms with Gasteiger partial charge in [0.1, 0.15) is 6.61 Å². The summed E-state index contributed by atoms with van der Waals surface area (Å²) in [5.74, 6) is 1.10. The molecular weight excluding hydrogens is 358 g/mol. The largest absolute Gasteiger partial charge is 0.485 e. The van der Waals surface area contributed by atoms with Gasteiger partial charge in [0, 0.05) is 4.88 Å². The van der Waals surface area contributed by atoms with Crippen molar-refractivity contribution in [1.82, 2.24) is 5.32 Å². The summed E-state index contributed by atoms with van der Waals surface area (Å²) >= 11 is 1.63. The molecule has 0 aliphatic carbocycles. The highest BCUT2D eigenvalue weighted by Gasteiger charge is 2.29. The number of thiophene rings is 1. The summed E-state index contributed by atoms with van der Waals surface area (Å²) in [4.78, 5) is 14.0. The van der Waals surface area contributed by atoms with Crippen molar-refractivity contribution in [2.75, 3.05) is 6.61 Å². The SMILES string of the molecule is CCc1ccc(C(NC(=O)C2COc3ccccc3O2)c2cccs2)cc1. The molecule has 27 heavy (non-hydrogen) atoms. The minimum atomic E-state index is -0.669. The van der Waals surface area contributed by atoms with Crippen molar-refractivity contribution >= 4 is 17.2 Å². The van der Waals surface area contributed by atoms with Gasteiger partial charge in [0.2, 0.25) is 6.10 Å². The van der Waals surface area contributed by atoms with Crippen LogP contribution in [0.3, 0.4) is 0 Å². The fourth-order valence-corrected chi connectivity index (χ4v) is 3.91. The minimum Gasteiger partial charge on any atom is -0.485 e. The molecule has 4 nitrogen and oxygen atoms in total. The van der Waals surface area contributed by atoms with Gasteiger partial charge in [-0.25, -0.2) is 0 Å². The maximum absolute atomic E-state index is 12.9. The third-order valence-corrected chi connectivity index (χ3v) is 5.57. The number of nitrogens with one attached hydrogen (secondary N) is 1. The van der Waals surface area contributed by atoms with Crippen molar-refractivity contribution in [3.05, 3.63) is 82.0 Å². The fourth-order valence-electron chi connectivity index (χ4n) is 3.10. The first-order valence-corrected chi connectivity index (χ1v) is 9.93. The van der Waals surface area contributed by atoms with E-state index in [2.05, 4.69) is 36.5 Å². The Hall–Kier alpha value is -2.79. The Morgan fingerprint density at radius 2 is 1.89 bits per heavy atom. The van der Waals surface area contributed by atoms with Crippen LogP contribution in [0.25, 0.3) is 0 Å². The molecule has 4 rings (SSSR count). The number of carbonyl (C=O) groups excluding carboxylic acids is 1. The average molecular weight is 379 g/mol. The zero-order valence-electron chi connectivity index (χ0n) is 15.1. The number of ether oxygens (including phenoxy) is 2. The van der Waals surface area contributed by atoms with E-state index in [0.29, 0.717) is 11.5 Å². The second-order valence-electron chi connectivity index (χ2n) is 6.42. The van der Waals surface area contributed by atoms with E-state index in [0.717, 1.165) is 16.9 Å². The number of carbonyl (C=O) groups is 1. The van der Waals surface area contributed by atoms with Gasteiger partial charge in [-0.1, -0.05) is 49.4 Å². The van der Waals surface area contributed by atoms with E-state index < -0.39 is 6.10 Å². The molecule has 2 atom stereocenters. The number of hydrogen-bond donors (Lipinski definition) is 1. The first-order valence-electron chi connectivity index (χ1n) is 9.05. The molecule has 1 amide bonds. The zero-order chi connectivity index (χ0) is 18.6. The van der Waals surface area contributed by atoms with Gasteiger partial charge in [-0.2, -0.15) is 0 Å². The Kier molecular flexibility index (Phi) is 5.12. The lowest BCUT2D eigenvalue weighted by molar-refractivity contribution is -0.130. The lowest BCUT2D eigenvalue weighted by Crippen LogP contribution is -2.45. The van der Waals surface area contributed by atoms with Crippen molar-refractivity contribution in [3.8, 4) is 11.5 Å². The Bertz CT molecular complexity index is 906. The smallest absolute Gasteiger partial charge is 0.265 e. The number of amides is 1. The van der Waals surface area contributed by atoms with E-state index in [1.807, 2.05) is 41.8 Å². The summed E-state index contributed by atoms with van der Waals surface area (Å²) in [5.41, 5.74) is 2.33. The van der Waals surface area contributed by atoms with Crippen molar-refractivity contribution in [3.63, 3.8) is 0 Å². The van der Waals surface area contributed by atoms with Crippen LogP contribution in [0, 0.1) is 0 Å². The maximum atomic E-state index is 12.9. The highest BCUT2D eigenvalue weighted by Crippen LogP contribution is 2.32. The molecule has 0 saturated carbocycles. The van der Waals surface area contributed by atoms with Gasteiger partial charge in [0.15, 0.2) is 11.5 Å². The van der Waals surface area contributed by atoms with E-state index >= 15 is 0 Å². The summed E-state index contributed by atoms with van der Waals surface area (Å²) in [6.45, 7) is 2.33. The van der Waals surface area contributed by atoms with E-state index in [4.69, 9.17) is 9.47 Å². The van der Waals surface area contributed by atoms with E-state index in [1.165, 1.54) is 5.56 Å². The van der Waals surface area contributed by atoms with Crippen LogP contribution in [0.4, 0.5) is 0 Å². The minimum absolute atomic E-state index is 0.178. The normalized spacial score (nSPS) is 16.6. The van der Waals surface area contributed by atoms with Crippen LogP contribution in [0.2, 0.25) is 0 Å². The molecule has 5 heteroatoms. The van der Waals surface area contributed by atoms with Crippen LogP contribution < -0.4 is 14.8 Å². The molecule has 2 unspecified atom stereocenters. The van der Waals surface area contributed by atoms with Gasteiger partial charge in [-0.3, -0.25) is 4.79 Å². The summed E-state index contributed by atoms with van der Waals surface area (Å²) in [6, 6.07) is 19.6. The summed E-state index contributed by atoms with van der Waals surface area (Å²) in [5, 5.41) is 5.16. The fraction of sp³-hybridized carbons (Fsp3) is 0.227. The molecule has 0 saturated heterocycles. The van der Waals surface area contributed by atoms with Crippen LogP contribution >= 0.6 is 11.3 Å². The molecule has 0 spiro atoms. The Labute approximate surface area is 162 Å². The van der Waals surface area contributed by atoms with Crippen LogP contribution in [0.15, 0.2) is 66.0 Å². The van der Waals surface area contributed by atoms with Gasteiger partial charge >= 0.3 is 0 Å². The molecule has 138 valence electrons. The first-order chi connectivity index (χ1) is 13.2. The summed E-state index contributed by atoms with van der Waals surface area (Å²) in [7, 11) is 0. The molecule has 2 aromatic carbocycles. The lowest BCUT2D eigenvalue weighted by atomic mass is 10.0. The number of aryl methyl sites for hydroxylation is 1. The highest BCUT2D eigenvalue weighted by atomic mass is 32.1. The Morgan fingerprint density at radius 1 is 1.11 bits per heavy atom. The standard InChI is InChI=1S/C22H21NO3S/c1-2-15-9-11-16(12-10-15)21(20-8-5-13-27-20)23-22(24)19-14-25-17-6-3-4-7-18(17)26-19/h3-13,19,21H,2,14H2,1H3,(H,23,24). The Morgan fingerprint density at radius 3 is 2.59 bits per heavy atom. The molecule has 1 aliphatic heterocycles. The highest BCUT2D eigenvalue weighted by molar-refractivity contribution is 7.10. The van der Waals surface area contributed by atoms with Gasteiger partial charge in [-0.15, -0.1) is 11.3 Å². The third-order valence-electron chi connectivity index (χ3n) is 4.64. The molecule has 1 aliphatic rings. The lowest BCUT2D eigenvalue weighted by Gasteiger charge is -2.27. The summed E-state index contributed by atoms with van der Waals surface area (Å²) in [6.07, 6.45) is 0.320. The second kappa shape index (κ2) is 7.84. The van der Waals surface area contributed by atoms with Crippen LogP contribution in [0.5, 0.6) is 11.5 Å². The number of para-hydroxylation sites is 2. The monoisotopic (exact) mass is 379 g/mol. The third kappa shape index (κ3) is 3.83.